The molecule has 0 atom stereocenters. The van der Waals surface area contributed by atoms with Gasteiger partial charge in [-0.1, -0.05) is 6.07 Å². The molecule has 0 amide bonds. The number of sulfonamides is 1. The van der Waals surface area contributed by atoms with Crippen LogP contribution >= 0.6 is 0 Å². The Hall–Kier alpha value is -1.86. The van der Waals surface area contributed by atoms with Crippen LogP contribution in [0.1, 0.15) is 23.1 Å². The van der Waals surface area contributed by atoms with Crippen molar-refractivity contribution < 1.29 is 13.5 Å². The van der Waals surface area contributed by atoms with Crippen molar-refractivity contribution in [3.63, 3.8) is 0 Å². The Balaban J connectivity index is 1.90. The van der Waals surface area contributed by atoms with Crippen LogP contribution in [0.25, 0.3) is 0 Å². The summed E-state index contributed by atoms with van der Waals surface area (Å²) in [5.74, 6) is 0. The molecule has 3 N–H and O–H groups in total. The Kier molecular flexibility index (Phi) is 3.23. The average molecular weight is 293 g/mol. The smallest absolute Gasteiger partial charge is 0.279 e. The van der Waals surface area contributed by atoms with E-state index in [1.165, 1.54) is 17.3 Å². The molecule has 1 aliphatic carbocycles. The number of hydrogen-bond donors (Lipinski definition) is 3. The summed E-state index contributed by atoms with van der Waals surface area (Å²) in [6, 6.07) is 5.59. The Morgan fingerprint density at radius 2 is 2.10 bits per heavy atom. The minimum Gasteiger partial charge on any atom is -0.392 e. The van der Waals surface area contributed by atoms with Crippen LogP contribution in [0.5, 0.6) is 0 Å². The number of anilines is 1. The van der Waals surface area contributed by atoms with Crippen molar-refractivity contribution in [2.75, 3.05) is 4.72 Å². The average Bonchev–Trinajstić information content (AvgIpc) is 3.06. The standard InChI is InChI=1S/C13H15N3O3S/c17-8-11-7-14-15-13(11)20(18,19)16-12-5-4-9-2-1-3-10(9)6-12/h4-7,16-17H,1-3,8H2,(H,14,15). The monoisotopic (exact) mass is 293 g/mol. The van der Waals surface area contributed by atoms with Crippen LogP contribution in [0.2, 0.25) is 0 Å². The van der Waals surface area contributed by atoms with E-state index in [0.29, 0.717) is 5.69 Å². The molecule has 0 fully saturated rings. The molecule has 0 spiro atoms. The molecule has 1 aromatic carbocycles. The highest BCUT2D eigenvalue weighted by molar-refractivity contribution is 7.92. The number of rotatable bonds is 4. The van der Waals surface area contributed by atoms with Crippen LogP contribution in [-0.4, -0.2) is 23.7 Å². The van der Waals surface area contributed by atoms with Gasteiger partial charge in [0.1, 0.15) is 0 Å². The number of fused-ring (bicyclic) bond motifs is 1. The van der Waals surface area contributed by atoms with Crippen molar-refractivity contribution in [1.29, 1.82) is 0 Å². The van der Waals surface area contributed by atoms with Crippen molar-refractivity contribution in [3.05, 3.63) is 41.1 Å². The maximum absolute atomic E-state index is 12.2. The minimum absolute atomic E-state index is 0.0968. The third-order valence-corrected chi connectivity index (χ3v) is 4.86. The second-order valence-electron chi connectivity index (χ2n) is 4.83. The van der Waals surface area contributed by atoms with E-state index in [2.05, 4.69) is 14.9 Å². The van der Waals surface area contributed by atoms with Gasteiger partial charge in [-0.3, -0.25) is 9.82 Å². The predicted molar refractivity (Wildman–Crippen MR) is 73.8 cm³/mol. The van der Waals surface area contributed by atoms with Crippen molar-refractivity contribution in [3.8, 4) is 0 Å². The lowest BCUT2D eigenvalue weighted by atomic mass is 10.1. The molecule has 0 unspecified atom stereocenters. The fraction of sp³-hybridized carbons (Fsp3) is 0.308. The number of nitrogens with zero attached hydrogens (tertiary/aromatic N) is 1. The van der Waals surface area contributed by atoms with Crippen LogP contribution in [0.15, 0.2) is 29.4 Å². The zero-order valence-electron chi connectivity index (χ0n) is 10.8. The highest BCUT2D eigenvalue weighted by Crippen LogP contribution is 2.26. The number of hydrogen-bond acceptors (Lipinski definition) is 4. The highest BCUT2D eigenvalue weighted by Gasteiger charge is 2.21. The maximum atomic E-state index is 12.2. The number of aromatic amines is 1. The molecule has 1 aliphatic rings. The molecule has 0 saturated heterocycles. The number of benzene rings is 1. The van der Waals surface area contributed by atoms with Gasteiger partial charge in [-0.05, 0) is 42.5 Å². The Labute approximate surface area is 116 Å². The second-order valence-corrected chi connectivity index (χ2v) is 6.44. The molecule has 0 saturated carbocycles. The topological polar surface area (TPSA) is 95.1 Å². The molecule has 106 valence electrons. The molecule has 20 heavy (non-hydrogen) atoms. The van der Waals surface area contributed by atoms with Crippen LogP contribution in [0, 0.1) is 0 Å². The van der Waals surface area contributed by atoms with Gasteiger partial charge < -0.3 is 5.11 Å². The van der Waals surface area contributed by atoms with Gasteiger partial charge in [0.2, 0.25) is 0 Å². The van der Waals surface area contributed by atoms with Crippen LogP contribution < -0.4 is 4.72 Å². The Morgan fingerprint density at radius 1 is 1.30 bits per heavy atom. The summed E-state index contributed by atoms with van der Waals surface area (Å²) in [4.78, 5) is 0. The van der Waals surface area contributed by atoms with Gasteiger partial charge in [0.15, 0.2) is 5.03 Å². The molecule has 0 bridgehead atoms. The number of aliphatic hydroxyl groups excluding tert-OH is 1. The van der Waals surface area contributed by atoms with Crippen LogP contribution in [-0.2, 0) is 29.5 Å². The summed E-state index contributed by atoms with van der Waals surface area (Å²) in [6.45, 7) is -0.378. The first-order valence-corrected chi connectivity index (χ1v) is 7.86. The quantitative estimate of drug-likeness (QED) is 0.789. The van der Waals surface area contributed by atoms with Crippen molar-refractivity contribution in [2.24, 2.45) is 0 Å². The number of aliphatic hydroxyl groups is 1. The van der Waals surface area contributed by atoms with Gasteiger partial charge in [0, 0.05) is 11.3 Å². The van der Waals surface area contributed by atoms with Crippen LogP contribution in [0.4, 0.5) is 5.69 Å². The summed E-state index contributed by atoms with van der Waals surface area (Å²) in [6.07, 6.45) is 4.45. The third kappa shape index (κ3) is 2.30. The maximum Gasteiger partial charge on any atom is 0.279 e. The Bertz CT molecular complexity index is 737. The lowest BCUT2D eigenvalue weighted by molar-refractivity contribution is 0.278. The first-order valence-electron chi connectivity index (χ1n) is 6.38. The van der Waals surface area contributed by atoms with E-state index < -0.39 is 10.0 Å². The normalized spacial score (nSPS) is 14.2. The zero-order chi connectivity index (χ0) is 14.2. The number of nitrogens with one attached hydrogen (secondary N) is 2. The SMILES string of the molecule is O=S(=O)(Nc1ccc2c(c1)CCC2)c1[nH]ncc1CO. The third-order valence-electron chi connectivity index (χ3n) is 3.47. The number of H-pyrrole nitrogens is 1. The lowest BCUT2D eigenvalue weighted by Gasteiger charge is -2.09. The van der Waals surface area contributed by atoms with E-state index in [0.717, 1.165) is 19.3 Å². The van der Waals surface area contributed by atoms with Crippen LogP contribution in [0.3, 0.4) is 0 Å². The zero-order valence-corrected chi connectivity index (χ0v) is 11.6. The van der Waals surface area contributed by atoms with Gasteiger partial charge in [-0.25, -0.2) is 0 Å². The van der Waals surface area contributed by atoms with E-state index in [9.17, 15) is 8.42 Å². The summed E-state index contributed by atoms with van der Waals surface area (Å²) in [5, 5.41) is 15.1. The van der Waals surface area contributed by atoms with E-state index >= 15 is 0 Å². The molecule has 0 radical (unpaired) electrons. The fourth-order valence-corrected chi connectivity index (χ4v) is 3.66. The highest BCUT2D eigenvalue weighted by atomic mass is 32.2. The van der Waals surface area contributed by atoms with Crippen molar-refractivity contribution in [1.82, 2.24) is 10.2 Å². The Morgan fingerprint density at radius 3 is 2.90 bits per heavy atom. The summed E-state index contributed by atoms with van der Waals surface area (Å²) < 4.78 is 27.0. The van der Waals surface area contributed by atoms with E-state index in [1.54, 1.807) is 6.07 Å². The van der Waals surface area contributed by atoms with Gasteiger partial charge in [0.25, 0.3) is 10.0 Å². The minimum atomic E-state index is -3.76. The van der Waals surface area contributed by atoms with Gasteiger partial charge in [-0.2, -0.15) is 13.5 Å². The summed E-state index contributed by atoms with van der Waals surface area (Å²) in [7, 11) is -3.76. The van der Waals surface area contributed by atoms with E-state index in [4.69, 9.17) is 5.11 Å². The summed E-state index contributed by atoms with van der Waals surface area (Å²) >= 11 is 0. The predicted octanol–water partition coefficient (Wildman–Crippen LogP) is 1.19. The largest absolute Gasteiger partial charge is 0.392 e. The molecule has 3 rings (SSSR count). The second kappa shape index (κ2) is 4.92. The first-order chi connectivity index (χ1) is 9.60. The molecule has 6 nitrogen and oxygen atoms in total. The van der Waals surface area contributed by atoms with Gasteiger partial charge >= 0.3 is 0 Å². The van der Waals surface area contributed by atoms with E-state index in [1.807, 2.05) is 12.1 Å². The molecule has 1 heterocycles. The molecular weight excluding hydrogens is 278 g/mol. The molecule has 0 aliphatic heterocycles. The number of aromatic nitrogens is 2. The lowest BCUT2D eigenvalue weighted by Crippen LogP contribution is -2.15. The molecular formula is C13H15N3O3S. The van der Waals surface area contributed by atoms with E-state index in [-0.39, 0.29) is 17.2 Å². The fourth-order valence-electron chi connectivity index (χ4n) is 2.49. The first kappa shape index (κ1) is 13.1. The van der Waals surface area contributed by atoms with Crippen molar-refractivity contribution in [2.45, 2.75) is 30.9 Å². The molecule has 7 heteroatoms. The summed E-state index contributed by atoms with van der Waals surface area (Å²) in [5.41, 5.74) is 3.26. The van der Waals surface area contributed by atoms with Gasteiger partial charge in [0.05, 0.1) is 12.8 Å². The molecule has 2 aromatic rings. The molecule has 1 aromatic heterocycles. The van der Waals surface area contributed by atoms with Crippen molar-refractivity contribution >= 4 is 15.7 Å². The van der Waals surface area contributed by atoms with Gasteiger partial charge in [-0.15, -0.1) is 0 Å². The number of aryl methyl sites for hydroxylation is 2.